The van der Waals surface area contributed by atoms with Crippen LogP contribution in [0, 0.1) is 0 Å². The van der Waals surface area contributed by atoms with Gasteiger partial charge in [0.1, 0.15) is 0 Å². The maximum Gasteiger partial charge on any atom is 0.255 e. The number of aromatic amines is 1. The van der Waals surface area contributed by atoms with Crippen LogP contribution < -0.4 is 20.7 Å². The van der Waals surface area contributed by atoms with Gasteiger partial charge in [0.2, 0.25) is 11.9 Å². The zero-order chi connectivity index (χ0) is 20.7. The second-order valence-electron chi connectivity index (χ2n) is 8.84. The van der Waals surface area contributed by atoms with Crippen molar-refractivity contribution in [3.8, 4) is 0 Å². The van der Waals surface area contributed by atoms with E-state index in [0.29, 0.717) is 6.54 Å². The summed E-state index contributed by atoms with van der Waals surface area (Å²) in [6.45, 7) is 2.95. The molecule has 0 atom stereocenters. The van der Waals surface area contributed by atoms with Crippen molar-refractivity contribution in [2.75, 3.05) is 43.0 Å². The predicted molar refractivity (Wildman–Crippen MR) is 117 cm³/mol. The van der Waals surface area contributed by atoms with Gasteiger partial charge >= 0.3 is 0 Å². The number of carbonyl (C=O) groups is 1. The number of aromatic nitrogens is 2. The Labute approximate surface area is 176 Å². The van der Waals surface area contributed by atoms with E-state index in [0.717, 1.165) is 75.4 Å². The molecule has 5 rings (SSSR count). The van der Waals surface area contributed by atoms with E-state index in [1.807, 2.05) is 6.07 Å². The number of nitrogens with one attached hydrogen (secondary N) is 2. The molecule has 1 spiro atoms. The van der Waals surface area contributed by atoms with Crippen LogP contribution in [0.15, 0.2) is 29.1 Å². The van der Waals surface area contributed by atoms with Gasteiger partial charge in [-0.2, -0.15) is 0 Å². The van der Waals surface area contributed by atoms with Crippen molar-refractivity contribution in [1.29, 1.82) is 0 Å². The number of rotatable bonds is 3. The molecular weight excluding hydrogens is 378 g/mol. The van der Waals surface area contributed by atoms with Crippen molar-refractivity contribution in [3.05, 3.63) is 51.4 Å². The summed E-state index contributed by atoms with van der Waals surface area (Å²) in [5.74, 6) is 0.763. The third-order valence-corrected chi connectivity index (χ3v) is 7.12. The summed E-state index contributed by atoms with van der Waals surface area (Å²) in [5, 5.41) is 2.74. The molecule has 0 bridgehead atoms. The van der Waals surface area contributed by atoms with Crippen LogP contribution in [0.2, 0.25) is 0 Å². The smallest absolute Gasteiger partial charge is 0.255 e. The van der Waals surface area contributed by atoms with Gasteiger partial charge in [0.25, 0.3) is 5.56 Å². The Bertz CT molecular complexity index is 1020. The van der Waals surface area contributed by atoms with E-state index in [9.17, 15) is 9.59 Å². The quantitative estimate of drug-likeness (QED) is 0.810. The summed E-state index contributed by atoms with van der Waals surface area (Å²) in [7, 11) is 1.69. The Morgan fingerprint density at radius 3 is 2.77 bits per heavy atom. The third-order valence-electron chi connectivity index (χ3n) is 7.12. The number of amides is 1. The van der Waals surface area contributed by atoms with Crippen molar-refractivity contribution in [2.45, 2.75) is 43.9 Å². The summed E-state index contributed by atoms with van der Waals surface area (Å²) in [4.78, 5) is 36.9. The van der Waals surface area contributed by atoms with Gasteiger partial charge in [0.15, 0.2) is 0 Å². The van der Waals surface area contributed by atoms with Gasteiger partial charge < -0.3 is 15.1 Å². The fourth-order valence-electron chi connectivity index (χ4n) is 5.44. The molecular formula is C23H29N5O2. The number of hydrogen-bond donors (Lipinski definition) is 2. The molecule has 1 fully saturated rings. The van der Waals surface area contributed by atoms with Gasteiger partial charge in [-0.05, 0) is 50.2 Å². The van der Waals surface area contributed by atoms with Crippen LogP contribution in [0.1, 0.15) is 42.5 Å². The summed E-state index contributed by atoms with van der Waals surface area (Å²) in [6.07, 6.45) is 5.91. The molecule has 30 heavy (non-hydrogen) atoms. The van der Waals surface area contributed by atoms with Crippen molar-refractivity contribution in [1.82, 2.24) is 15.3 Å². The molecule has 2 aliphatic heterocycles. The van der Waals surface area contributed by atoms with E-state index in [2.05, 4.69) is 38.3 Å². The summed E-state index contributed by atoms with van der Waals surface area (Å²) in [5.41, 5.74) is 4.49. The predicted octanol–water partition coefficient (Wildman–Crippen LogP) is 1.75. The standard InChI is InChI=1S/C23H29N5O2/c1-24-20(29)14-28-15-23(17-7-3-5-9-19(17)28)10-12-27(13-11-23)22-25-18-8-4-2-6-16(18)21(30)26-22/h3,5,7,9H,2,4,6,8,10-15H2,1H3,(H,24,29)(H,25,26,30). The van der Waals surface area contributed by atoms with E-state index in [1.165, 1.54) is 11.3 Å². The topological polar surface area (TPSA) is 81.3 Å². The molecule has 0 radical (unpaired) electrons. The Hall–Kier alpha value is -2.83. The molecule has 3 heterocycles. The minimum atomic E-state index is 0.0372. The molecule has 3 aliphatic rings. The minimum Gasteiger partial charge on any atom is -0.361 e. The Morgan fingerprint density at radius 2 is 1.97 bits per heavy atom. The number of likely N-dealkylation sites (N-methyl/N-ethyl adjacent to an activating group) is 1. The first-order valence-corrected chi connectivity index (χ1v) is 11.0. The molecule has 1 aromatic carbocycles. The average Bonchev–Trinajstić information content (AvgIpc) is 3.07. The normalized spacial score (nSPS) is 19.5. The third kappa shape index (κ3) is 3.16. The zero-order valence-corrected chi connectivity index (χ0v) is 17.5. The number of piperidine rings is 1. The molecule has 1 amide bonds. The van der Waals surface area contributed by atoms with Gasteiger partial charge in [-0.25, -0.2) is 4.98 Å². The summed E-state index contributed by atoms with van der Waals surface area (Å²) < 4.78 is 0. The maximum atomic E-state index is 12.5. The van der Waals surface area contributed by atoms with Crippen LogP contribution in [0.4, 0.5) is 11.6 Å². The highest BCUT2D eigenvalue weighted by Crippen LogP contribution is 2.47. The van der Waals surface area contributed by atoms with Crippen molar-refractivity contribution >= 4 is 17.5 Å². The largest absolute Gasteiger partial charge is 0.361 e. The van der Waals surface area contributed by atoms with Gasteiger partial charge in [0, 0.05) is 43.3 Å². The Morgan fingerprint density at radius 1 is 1.20 bits per heavy atom. The van der Waals surface area contributed by atoms with Crippen LogP contribution in [-0.4, -0.2) is 49.1 Å². The molecule has 7 nitrogen and oxygen atoms in total. The number of carbonyl (C=O) groups excluding carboxylic acids is 1. The van der Waals surface area contributed by atoms with Gasteiger partial charge in [-0.3, -0.25) is 14.6 Å². The summed E-state index contributed by atoms with van der Waals surface area (Å²) >= 11 is 0. The molecule has 1 saturated heterocycles. The fourth-order valence-corrected chi connectivity index (χ4v) is 5.44. The zero-order valence-electron chi connectivity index (χ0n) is 17.5. The second kappa shape index (κ2) is 7.45. The number of anilines is 2. The fraction of sp³-hybridized carbons (Fsp3) is 0.522. The van der Waals surface area contributed by atoms with Crippen LogP contribution in [0.5, 0.6) is 0 Å². The number of para-hydroxylation sites is 1. The highest BCUT2D eigenvalue weighted by Gasteiger charge is 2.45. The Balaban J connectivity index is 1.37. The highest BCUT2D eigenvalue weighted by molar-refractivity contribution is 5.82. The SMILES string of the molecule is CNC(=O)CN1CC2(CCN(c3nc4c(c(=O)[nH]3)CCCC4)CC2)c2ccccc21. The first-order chi connectivity index (χ1) is 14.6. The lowest BCUT2D eigenvalue weighted by molar-refractivity contribution is -0.119. The van der Waals surface area contributed by atoms with Crippen LogP contribution in [0.3, 0.4) is 0 Å². The van der Waals surface area contributed by atoms with Crippen molar-refractivity contribution < 1.29 is 4.79 Å². The van der Waals surface area contributed by atoms with E-state index in [-0.39, 0.29) is 16.9 Å². The molecule has 7 heteroatoms. The number of H-pyrrole nitrogens is 1. The first-order valence-electron chi connectivity index (χ1n) is 11.0. The number of fused-ring (bicyclic) bond motifs is 3. The lowest BCUT2D eigenvalue weighted by Crippen LogP contribution is -2.47. The molecule has 2 aromatic rings. The van der Waals surface area contributed by atoms with E-state index >= 15 is 0 Å². The summed E-state index contributed by atoms with van der Waals surface area (Å²) in [6, 6.07) is 8.49. The number of nitrogens with zero attached hydrogens (tertiary/aromatic N) is 3. The van der Waals surface area contributed by atoms with E-state index in [1.54, 1.807) is 7.05 Å². The Kier molecular flexibility index (Phi) is 4.76. The molecule has 1 aromatic heterocycles. The maximum absolute atomic E-state index is 12.5. The van der Waals surface area contributed by atoms with Crippen molar-refractivity contribution in [3.63, 3.8) is 0 Å². The van der Waals surface area contributed by atoms with Gasteiger partial charge in [-0.15, -0.1) is 0 Å². The lowest BCUT2D eigenvalue weighted by Gasteiger charge is -2.40. The molecule has 0 saturated carbocycles. The highest BCUT2D eigenvalue weighted by atomic mass is 16.2. The first kappa shape index (κ1) is 19.2. The monoisotopic (exact) mass is 407 g/mol. The average molecular weight is 408 g/mol. The number of benzene rings is 1. The van der Waals surface area contributed by atoms with E-state index in [4.69, 9.17) is 4.98 Å². The van der Waals surface area contributed by atoms with Gasteiger partial charge in [-0.1, -0.05) is 18.2 Å². The molecule has 0 unspecified atom stereocenters. The molecule has 2 N–H and O–H groups in total. The van der Waals surface area contributed by atoms with Crippen LogP contribution in [-0.2, 0) is 23.1 Å². The van der Waals surface area contributed by atoms with Crippen molar-refractivity contribution in [2.24, 2.45) is 0 Å². The number of hydrogen-bond acceptors (Lipinski definition) is 5. The molecule has 1 aliphatic carbocycles. The molecule has 158 valence electrons. The number of aryl methyl sites for hydroxylation is 1. The lowest BCUT2D eigenvalue weighted by atomic mass is 9.74. The second-order valence-corrected chi connectivity index (χ2v) is 8.84. The van der Waals surface area contributed by atoms with Gasteiger partial charge in [0.05, 0.1) is 12.2 Å². The van der Waals surface area contributed by atoms with Crippen LogP contribution >= 0.6 is 0 Å². The minimum absolute atomic E-state index is 0.0372. The van der Waals surface area contributed by atoms with Crippen LogP contribution in [0.25, 0.3) is 0 Å². The van der Waals surface area contributed by atoms with E-state index < -0.39 is 0 Å².